The molecule has 0 bridgehead atoms. The van der Waals surface area contributed by atoms with E-state index in [1.165, 1.54) is 12.4 Å². The van der Waals surface area contributed by atoms with Gasteiger partial charge in [0.1, 0.15) is 5.65 Å². The summed E-state index contributed by atoms with van der Waals surface area (Å²) in [6.07, 6.45) is 11.4. The summed E-state index contributed by atoms with van der Waals surface area (Å²) < 4.78 is 28.0. The summed E-state index contributed by atoms with van der Waals surface area (Å²) in [5, 5.41) is 3.70. The normalized spacial score (nSPS) is 21.3. The molecule has 25 heavy (non-hydrogen) atoms. The van der Waals surface area contributed by atoms with Crippen LogP contribution >= 0.6 is 0 Å². The van der Waals surface area contributed by atoms with Gasteiger partial charge in [0, 0.05) is 35.6 Å². The predicted molar refractivity (Wildman–Crippen MR) is 91.4 cm³/mol. The van der Waals surface area contributed by atoms with Crippen molar-refractivity contribution >= 4 is 5.65 Å². The summed E-state index contributed by atoms with van der Waals surface area (Å²) in [6.45, 7) is -1.85. The van der Waals surface area contributed by atoms with Crippen molar-refractivity contribution in [3.05, 3.63) is 42.6 Å². The van der Waals surface area contributed by atoms with Crippen LogP contribution in [0.1, 0.15) is 43.8 Å². The molecule has 0 aromatic carbocycles. The highest BCUT2D eigenvalue weighted by atomic mass is 19.3. The van der Waals surface area contributed by atoms with E-state index in [1.807, 2.05) is 22.7 Å². The first kappa shape index (κ1) is 16.2. The van der Waals surface area contributed by atoms with Crippen molar-refractivity contribution in [2.24, 2.45) is 11.7 Å². The van der Waals surface area contributed by atoms with Gasteiger partial charge in [-0.1, -0.05) is 0 Å². The van der Waals surface area contributed by atoms with Crippen LogP contribution in [0.2, 0.25) is 0 Å². The van der Waals surface area contributed by atoms with Crippen molar-refractivity contribution in [1.29, 1.82) is 0 Å². The topological polar surface area (TPSA) is 61.1 Å². The molecule has 3 aromatic heterocycles. The fourth-order valence-corrected chi connectivity index (χ4v) is 3.67. The van der Waals surface area contributed by atoms with E-state index < -0.39 is 6.55 Å². The lowest BCUT2D eigenvalue weighted by Crippen LogP contribution is -2.20. The van der Waals surface area contributed by atoms with Gasteiger partial charge in [-0.15, -0.1) is 0 Å². The van der Waals surface area contributed by atoms with Gasteiger partial charge in [0.25, 0.3) is 0 Å². The molecule has 0 saturated heterocycles. The molecule has 0 radical (unpaired) electrons. The molecular weight excluding hydrogens is 324 g/mol. The first-order valence-electron chi connectivity index (χ1n) is 8.65. The number of nitrogens with two attached hydrogens (primary N) is 1. The molecule has 0 atom stereocenters. The van der Waals surface area contributed by atoms with E-state index in [0.29, 0.717) is 22.1 Å². The monoisotopic (exact) mass is 345 g/mol. The van der Waals surface area contributed by atoms with Gasteiger partial charge in [0.2, 0.25) is 0 Å². The Morgan fingerprint density at radius 3 is 2.56 bits per heavy atom. The van der Waals surface area contributed by atoms with Gasteiger partial charge in [0.15, 0.2) is 0 Å². The van der Waals surface area contributed by atoms with E-state index in [1.54, 1.807) is 0 Å². The molecule has 3 heterocycles. The maximum absolute atomic E-state index is 12.7. The molecular formula is C18H21F2N5. The van der Waals surface area contributed by atoms with Gasteiger partial charge in [-0.25, -0.2) is 9.67 Å². The Bertz CT molecular complexity index is 861. The van der Waals surface area contributed by atoms with Gasteiger partial charge in [-0.2, -0.15) is 13.9 Å². The number of aromatic nitrogens is 4. The molecule has 132 valence electrons. The van der Waals surface area contributed by atoms with Crippen LogP contribution in [0.4, 0.5) is 8.78 Å². The van der Waals surface area contributed by atoms with Gasteiger partial charge in [0.05, 0.1) is 11.9 Å². The summed E-state index contributed by atoms with van der Waals surface area (Å²) >= 11 is 0. The number of fused-ring (bicyclic) bond motifs is 1. The molecule has 3 aromatic rings. The van der Waals surface area contributed by atoms with Crippen LogP contribution in [-0.4, -0.2) is 25.7 Å². The minimum Gasteiger partial charge on any atom is -0.330 e. The highest BCUT2D eigenvalue weighted by Crippen LogP contribution is 2.35. The average Bonchev–Trinajstić information content (AvgIpc) is 3.28. The van der Waals surface area contributed by atoms with Crippen LogP contribution in [0.5, 0.6) is 0 Å². The van der Waals surface area contributed by atoms with Gasteiger partial charge in [-0.3, -0.25) is 0 Å². The van der Waals surface area contributed by atoms with Crippen LogP contribution in [0, 0.1) is 5.92 Å². The summed E-state index contributed by atoms with van der Waals surface area (Å²) in [6, 6.07) is 3.81. The van der Waals surface area contributed by atoms with E-state index in [-0.39, 0.29) is 0 Å². The first-order chi connectivity index (χ1) is 12.1. The summed E-state index contributed by atoms with van der Waals surface area (Å²) in [5.41, 5.74) is 9.26. The van der Waals surface area contributed by atoms with Gasteiger partial charge >= 0.3 is 6.55 Å². The number of imidazole rings is 1. The lowest BCUT2D eigenvalue weighted by Gasteiger charge is -2.26. The summed E-state index contributed by atoms with van der Waals surface area (Å²) in [5.74, 6) is 1.12. The molecule has 7 heteroatoms. The molecule has 0 unspecified atom stereocenters. The molecule has 1 aliphatic rings. The van der Waals surface area contributed by atoms with E-state index in [0.717, 1.165) is 49.1 Å². The van der Waals surface area contributed by atoms with Gasteiger partial charge < -0.3 is 10.1 Å². The molecule has 2 N–H and O–H groups in total. The van der Waals surface area contributed by atoms with Crippen LogP contribution in [0.25, 0.3) is 16.8 Å². The second-order valence-electron chi connectivity index (χ2n) is 6.79. The van der Waals surface area contributed by atoms with E-state index >= 15 is 0 Å². The van der Waals surface area contributed by atoms with Gasteiger partial charge in [-0.05, 0) is 50.3 Å². The Balaban J connectivity index is 1.59. The molecule has 0 aliphatic heterocycles. The van der Waals surface area contributed by atoms with Crippen molar-refractivity contribution < 1.29 is 8.78 Å². The molecule has 1 fully saturated rings. The summed E-state index contributed by atoms with van der Waals surface area (Å²) in [4.78, 5) is 4.75. The zero-order valence-corrected chi connectivity index (χ0v) is 13.9. The third-order valence-electron chi connectivity index (χ3n) is 5.20. The van der Waals surface area contributed by atoms with Crippen LogP contribution in [-0.2, 0) is 0 Å². The lowest BCUT2D eigenvalue weighted by atomic mass is 9.81. The maximum Gasteiger partial charge on any atom is 0.333 e. The van der Waals surface area contributed by atoms with Crippen molar-refractivity contribution in [2.75, 3.05) is 6.54 Å². The zero-order chi connectivity index (χ0) is 17.4. The third kappa shape index (κ3) is 3.16. The van der Waals surface area contributed by atoms with E-state index in [4.69, 9.17) is 10.7 Å². The third-order valence-corrected chi connectivity index (χ3v) is 5.20. The number of pyridine rings is 1. The molecule has 1 saturated carbocycles. The summed E-state index contributed by atoms with van der Waals surface area (Å²) in [7, 11) is 0. The second kappa shape index (κ2) is 6.55. The zero-order valence-electron chi connectivity index (χ0n) is 13.9. The number of hydrogen-bond acceptors (Lipinski definition) is 3. The highest BCUT2D eigenvalue weighted by Gasteiger charge is 2.23. The number of rotatable bonds is 4. The smallest absolute Gasteiger partial charge is 0.330 e. The minimum absolute atomic E-state index is 0.479. The van der Waals surface area contributed by atoms with Crippen LogP contribution in [0.15, 0.2) is 36.9 Å². The largest absolute Gasteiger partial charge is 0.333 e. The standard InChI is InChI=1S/C18H21F2N5/c19-18(20)25-10-15(8-22-25)14-5-6-17-23-16(11-24(17)9-14)13-3-1-12(7-21)2-4-13/h5-6,8-13,18H,1-4,7,21H2/t12-,13-. The number of halogens is 2. The Hall–Kier alpha value is -2.28. The second-order valence-corrected chi connectivity index (χ2v) is 6.79. The quantitative estimate of drug-likeness (QED) is 0.782. The number of nitrogens with zero attached hydrogens (tertiary/aromatic N) is 4. The number of alkyl halides is 2. The Labute approximate surface area is 144 Å². The van der Waals surface area contributed by atoms with Crippen molar-refractivity contribution in [2.45, 2.75) is 38.2 Å². The van der Waals surface area contributed by atoms with E-state index in [2.05, 4.69) is 11.3 Å². The van der Waals surface area contributed by atoms with Crippen molar-refractivity contribution in [3.8, 4) is 11.1 Å². The SMILES string of the molecule is NC[C@H]1CC[C@H](c2cn3cc(-c4cnn(C(F)F)c4)ccc3n2)CC1. The maximum atomic E-state index is 12.7. The fourth-order valence-electron chi connectivity index (χ4n) is 3.67. The molecule has 4 rings (SSSR count). The molecule has 5 nitrogen and oxygen atoms in total. The van der Waals surface area contributed by atoms with Crippen molar-refractivity contribution in [3.63, 3.8) is 0 Å². The van der Waals surface area contributed by atoms with E-state index in [9.17, 15) is 8.78 Å². The Morgan fingerprint density at radius 2 is 1.88 bits per heavy atom. The molecule has 0 amide bonds. The fraction of sp³-hybridized carbons (Fsp3) is 0.444. The Morgan fingerprint density at radius 1 is 1.08 bits per heavy atom. The number of hydrogen-bond donors (Lipinski definition) is 1. The predicted octanol–water partition coefficient (Wildman–Crippen LogP) is 3.83. The van der Waals surface area contributed by atoms with Crippen LogP contribution < -0.4 is 5.73 Å². The average molecular weight is 345 g/mol. The highest BCUT2D eigenvalue weighted by molar-refractivity contribution is 5.63. The first-order valence-corrected chi connectivity index (χ1v) is 8.65. The van der Waals surface area contributed by atoms with Crippen LogP contribution in [0.3, 0.4) is 0 Å². The minimum atomic E-state index is -2.62. The van der Waals surface area contributed by atoms with Crippen molar-refractivity contribution in [1.82, 2.24) is 19.2 Å². The molecule has 0 spiro atoms. The Kier molecular flexibility index (Phi) is 4.25. The lowest BCUT2D eigenvalue weighted by molar-refractivity contribution is 0.0566. The molecule has 1 aliphatic carbocycles.